The average Bonchev–Trinajstić information content (AvgIpc) is 2.41. The molecule has 0 fully saturated rings. The summed E-state index contributed by atoms with van der Waals surface area (Å²) in [6, 6.07) is 9.83. The summed E-state index contributed by atoms with van der Waals surface area (Å²) in [5.41, 5.74) is 1.34. The molecular formula is C14H13FN2OS. The zero-order valence-electron chi connectivity index (χ0n) is 10.4. The van der Waals surface area contributed by atoms with Gasteiger partial charge in [0.25, 0.3) is 0 Å². The zero-order valence-corrected chi connectivity index (χ0v) is 11.2. The van der Waals surface area contributed by atoms with E-state index in [0.29, 0.717) is 11.3 Å². The second kappa shape index (κ2) is 6.33. The quantitative estimate of drug-likeness (QED) is 0.872. The summed E-state index contributed by atoms with van der Waals surface area (Å²) in [6.45, 7) is 1.75. The smallest absolute Gasteiger partial charge is 0.234 e. The van der Waals surface area contributed by atoms with E-state index >= 15 is 0 Å². The Balaban J connectivity index is 1.91. The number of halogens is 1. The first-order valence-electron chi connectivity index (χ1n) is 5.75. The molecule has 2 aromatic rings. The van der Waals surface area contributed by atoms with Crippen LogP contribution in [0.3, 0.4) is 0 Å². The van der Waals surface area contributed by atoms with E-state index in [1.807, 2.05) is 18.2 Å². The summed E-state index contributed by atoms with van der Waals surface area (Å²) in [7, 11) is 0. The molecule has 0 aliphatic carbocycles. The van der Waals surface area contributed by atoms with Crippen LogP contribution in [0.2, 0.25) is 0 Å². The van der Waals surface area contributed by atoms with E-state index in [1.165, 1.54) is 23.9 Å². The van der Waals surface area contributed by atoms with Gasteiger partial charge in [-0.2, -0.15) is 0 Å². The Bertz CT molecular complexity index is 575. The van der Waals surface area contributed by atoms with Gasteiger partial charge in [-0.15, -0.1) is 0 Å². The maximum absolute atomic E-state index is 12.9. The molecule has 0 unspecified atom stereocenters. The summed E-state index contributed by atoms with van der Waals surface area (Å²) in [5.74, 6) is -0.169. The number of benzene rings is 1. The first kappa shape index (κ1) is 13.5. The fraction of sp³-hybridized carbons (Fsp3) is 0.143. The lowest BCUT2D eigenvalue weighted by molar-refractivity contribution is -0.113. The van der Waals surface area contributed by atoms with E-state index in [1.54, 1.807) is 19.2 Å². The van der Waals surface area contributed by atoms with Gasteiger partial charge >= 0.3 is 0 Å². The van der Waals surface area contributed by atoms with E-state index in [2.05, 4.69) is 10.3 Å². The third kappa shape index (κ3) is 4.06. The van der Waals surface area contributed by atoms with Gasteiger partial charge in [0, 0.05) is 11.9 Å². The fourth-order valence-corrected chi connectivity index (χ4v) is 2.19. The van der Waals surface area contributed by atoms with Crippen LogP contribution in [-0.2, 0) is 4.79 Å². The zero-order chi connectivity index (χ0) is 13.7. The highest BCUT2D eigenvalue weighted by Gasteiger charge is 2.06. The van der Waals surface area contributed by atoms with Gasteiger partial charge in [-0.05, 0) is 42.8 Å². The summed E-state index contributed by atoms with van der Waals surface area (Å²) < 4.78 is 12.9. The molecule has 1 N–H and O–H groups in total. The molecule has 98 valence electrons. The largest absolute Gasteiger partial charge is 0.325 e. The van der Waals surface area contributed by atoms with Crippen molar-refractivity contribution < 1.29 is 9.18 Å². The standard InChI is InChI=1S/C14H13FN2OS/c1-10-8-11(15)5-6-12(10)17-13(18)9-19-14-4-2-3-7-16-14/h2-8H,9H2,1H3,(H,17,18). The Kier molecular flexibility index (Phi) is 4.52. The lowest BCUT2D eigenvalue weighted by atomic mass is 10.2. The number of carbonyl (C=O) groups is 1. The van der Waals surface area contributed by atoms with Gasteiger partial charge in [-0.3, -0.25) is 4.79 Å². The van der Waals surface area contributed by atoms with E-state index in [4.69, 9.17) is 0 Å². The molecule has 0 saturated carbocycles. The summed E-state index contributed by atoms with van der Waals surface area (Å²) in [5, 5.41) is 3.55. The summed E-state index contributed by atoms with van der Waals surface area (Å²) >= 11 is 1.36. The van der Waals surface area contributed by atoms with Gasteiger partial charge in [-0.25, -0.2) is 9.37 Å². The van der Waals surface area contributed by atoms with Crippen LogP contribution in [0, 0.1) is 12.7 Å². The molecule has 0 saturated heterocycles. The minimum absolute atomic E-state index is 0.134. The minimum atomic E-state index is -0.307. The van der Waals surface area contributed by atoms with Crippen LogP contribution >= 0.6 is 11.8 Å². The van der Waals surface area contributed by atoms with Crippen molar-refractivity contribution in [3.63, 3.8) is 0 Å². The molecule has 0 aliphatic heterocycles. The van der Waals surface area contributed by atoms with Crippen LogP contribution < -0.4 is 5.32 Å². The Hall–Kier alpha value is -1.88. The molecular weight excluding hydrogens is 263 g/mol. The number of aromatic nitrogens is 1. The number of rotatable bonds is 4. The van der Waals surface area contributed by atoms with Crippen LogP contribution in [0.15, 0.2) is 47.6 Å². The monoisotopic (exact) mass is 276 g/mol. The third-order valence-corrected chi connectivity index (χ3v) is 3.40. The Morgan fingerprint density at radius 2 is 2.21 bits per heavy atom. The Labute approximate surface area is 115 Å². The number of thioether (sulfide) groups is 1. The Morgan fingerprint density at radius 3 is 2.89 bits per heavy atom. The topological polar surface area (TPSA) is 42.0 Å². The molecule has 2 rings (SSSR count). The molecule has 0 spiro atoms. The second-order valence-corrected chi connectivity index (χ2v) is 4.96. The van der Waals surface area contributed by atoms with Gasteiger partial charge < -0.3 is 5.32 Å². The normalized spacial score (nSPS) is 10.2. The van der Waals surface area contributed by atoms with Crippen molar-refractivity contribution in [2.75, 3.05) is 11.1 Å². The number of anilines is 1. The maximum atomic E-state index is 12.9. The van der Waals surface area contributed by atoms with Crippen LogP contribution in [-0.4, -0.2) is 16.6 Å². The van der Waals surface area contributed by atoms with Crippen molar-refractivity contribution in [1.82, 2.24) is 4.98 Å². The fourth-order valence-electron chi connectivity index (χ4n) is 1.53. The van der Waals surface area contributed by atoms with E-state index in [9.17, 15) is 9.18 Å². The SMILES string of the molecule is Cc1cc(F)ccc1NC(=O)CSc1ccccn1. The van der Waals surface area contributed by atoms with Crippen molar-refractivity contribution in [3.8, 4) is 0 Å². The predicted octanol–water partition coefficient (Wildman–Crippen LogP) is 3.26. The van der Waals surface area contributed by atoms with Gasteiger partial charge in [-0.1, -0.05) is 17.8 Å². The van der Waals surface area contributed by atoms with Crippen molar-refractivity contribution in [2.24, 2.45) is 0 Å². The number of pyridine rings is 1. The molecule has 1 aromatic carbocycles. The molecule has 19 heavy (non-hydrogen) atoms. The maximum Gasteiger partial charge on any atom is 0.234 e. The van der Waals surface area contributed by atoms with Gasteiger partial charge in [0.1, 0.15) is 5.82 Å². The molecule has 1 aromatic heterocycles. The number of amides is 1. The van der Waals surface area contributed by atoms with E-state index in [-0.39, 0.29) is 17.5 Å². The molecule has 5 heteroatoms. The average molecular weight is 276 g/mol. The van der Waals surface area contributed by atoms with Crippen molar-refractivity contribution in [2.45, 2.75) is 11.9 Å². The highest BCUT2D eigenvalue weighted by molar-refractivity contribution is 7.99. The minimum Gasteiger partial charge on any atom is -0.325 e. The summed E-state index contributed by atoms with van der Waals surface area (Å²) in [6.07, 6.45) is 1.68. The van der Waals surface area contributed by atoms with Crippen molar-refractivity contribution in [1.29, 1.82) is 0 Å². The molecule has 0 atom stereocenters. The van der Waals surface area contributed by atoms with Crippen molar-refractivity contribution in [3.05, 3.63) is 54.0 Å². The third-order valence-electron chi connectivity index (χ3n) is 2.45. The van der Waals surface area contributed by atoms with Crippen LogP contribution in [0.4, 0.5) is 10.1 Å². The van der Waals surface area contributed by atoms with Crippen LogP contribution in [0.5, 0.6) is 0 Å². The van der Waals surface area contributed by atoms with Gasteiger partial charge in [0.05, 0.1) is 10.8 Å². The van der Waals surface area contributed by atoms with Crippen molar-refractivity contribution >= 4 is 23.4 Å². The Morgan fingerprint density at radius 1 is 1.37 bits per heavy atom. The number of aryl methyl sites for hydroxylation is 1. The molecule has 1 heterocycles. The highest BCUT2D eigenvalue weighted by atomic mass is 32.2. The first-order valence-corrected chi connectivity index (χ1v) is 6.73. The van der Waals surface area contributed by atoms with Gasteiger partial charge in [0.15, 0.2) is 0 Å². The highest BCUT2D eigenvalue weighted by Crippen LogP contribution is 2.18. The molecule has 0 aliphatic rings. The lowest BCUT2D eigenvalue weighted by Gasteiger charge is -2.08. The number of hydrogen-bond acceptors (Lipinski definition) is 3. The molecule has 3 nitrogen and oxygen atoms in total. The van der Waals surface area contributed by atoms with Crippen LogP contribution in [0.25, 0.3) is 0 Å². The summed E-state index contributed by atoms with van der Waals surface area (Å²) in [4.78, 5) is 15.9. The predicted molar refractivity (Wildman–Crippen MR) is 74.7 cm³/mol. The molecule has 0 bridgehead atoms. The molecule has 1 amide bonds. The van der Waals surface area contributed by atoms with Gasteiger partial charge in [0.2, 0.25) is 5.91 Å². The molecule has 0 radical (unpaired) electrons. The number of nitrogens with zero attached hydrogens (tertiary/aromatic N) is 1. The van der Waals surface area contributed by atoms with E-state index in [0.717, 1.165) is 5.03 Å². The number of carbonyl (C=O) groups excluding carboxylic acids is 1. The van der Waals surface area contributed by atoms with E-state index < -0.39 is 0 Å². The first-order chi connectivity index (χ1) is 9.15. The van der Waals surface area contributed by atoms with Crippen LogP contribution in [0.1, 0.15) is 5.56 Å². The number of hydrogen-bond donors (Lipinski definition) is 1. The lowest BCUT2D eigenvalue weighted by Crippen LogP contribution is -2.15. The second-order valence-electron chi connectivity index (χ2n) is 3.96. The number of nitrogens with one attached hydrogen (secondary N) is 1.